The van der Waals surface area contributed by atoms with E-state index in [1.54, 1.807) is 12.1 Å². The van der Waals surface area contributed by atoms with Gasteiger partial charge in [-0.15, -0.1) is 0 Å². The van der Waals surface area contributed by atoms with E-state index in [1.165, 1.54) is 0 Å². The molecular weight excluding hydrogens is 252 g/mol. The van der Waals surface area contributed by atoms with Crippen molar-refractivity contribution in [1.29, 1.82) is 0 Å². The lowest BCUT2D eigenvalue weighted by Gasteiger charge is -2.26. The van der Waals surface area contributed by atoms with Gasteiger partial charge in [0, 0.05) is 12.6 Å². The van der Waals surface area contributed by atoms with E-state index in [2.05, 4.69) is 24.1 Å². The third kappa shape index (κ3) is 4.74. The molecule has 5 heteroatoms. The third-order valence-electron chi connectivity index (χ3n) is 3.07. The second-order valence-corrected chi connectivity index (χ2v) is 5.86. The molecule has 112 valence electrons. The third-order valence-corrected chi connectivity index (χ3v) is 3.07. The number of benzene rings is 1. The number of hydrogen-bond donors (Lipinski definition) is 3. The van der Waals surface area contributed by atoms with E-state index in [1.807, 2.05) is 20.2 Å². The molecular formula is C15H26N4O. The van der Waals surface area contributed by atoms with Crippen LogP contribution >= 0.6 is 0 Å². The minimum Gasteiger partial charge on any atom is -0.396 e. The number of hydrogen-bond acceptors (Lipinski definition) is 4. The van der Waals surface area contributed by atoms with Crippen molar-refractivity contribution >= 4 is 17.3 Å². The number of nitrogens with one attached hydrogen (secondary N) is 1. The topological polar surface area (TPSA) is 84.4 Å². The Morgan fingerprint density at radius 1 is 1.35 bits per heavy atom. The van der Waals surface area contributed by atoms with Crippen LogP contribution in [0.15, 0.2) is 18.2 Å². The zero-order chi connectivity index (χ0) is 15.3. The van der Waals surface area contributed by atoms with Crippen LogP contribution in [0.3, 0.4) is 0 Å². The summed E-state index contributed by atoms with van der Waals surface area (Å²) in [6.45, 7) is 5.28. The first-order valence-electron chi connectivity index (χ1n) is 6.90. The highest BCUT2D eigenvalue weighted by Gasteiger charge is 2.15. The molecule has 1 amide bonds. The number of primary amides is 1. The Labute approximate surface area is 121 Å². The van der Waals surface area contributed by atoms with Gasteiger partial charge in [-0.25, -0.2) is 0 Å². The zero-order valence-electron chi connectivity index (χ0n) is 12.8. The molecule has 1 rings (SSSR count). The van der Waals surface area contributed by atoms with Crippen molar-refractivity contribution in [3.05, 3.63) is 23.8 Å². The van der Waals surface area contributed by atoms with Gasteiger partial charge in [-0.2, -0.15) is 0 Å². The molecule has 0 aliphatic rings. The highest BCUT2D eigenvalue weighted by Crippen LogP contribution is 2.24. The molecule has 1 atom stereocenters. The predicted octanol–water partition coefficient (Wildman–Crippen LogP) is 1.76. The number of nitrogen functional groups attached to an aromatic ring is 1. The molecule has 1 unspecified atom stereocenters. The molecule has 0 bridgehead atoms. The Hall–Kier alpha value is -1.75. The smallest absolute Gasteiger partial charge is 0.250 e. The van der Waals surface area contributed by atoms with E-state index >= 15 is 0 Å². The van der Waals surface area contributed by atoms with Crippen LogP contribution in [0, 0.1) is 5.92 Å². The van der Waals surface area contributed by atoms with Crippen molar-refractivity contribution in [3.8, 4) is 0 Å². The maximum absolute atomic E-state index is 11.3. The molecule has 0 saturated carbocycles. The Morgan fingerprint density at radius 2 is 2.00 bits per heavy atom. The van der Waals surface area contributed by atoms with Crippen LogP contribution in [-0.2, 0) is 0 Å². The lowest BCUT2D eigenvalue weighted by atomic mass is 10.0. The number of para-hydroxylation sites is 1. The number of nitrogens with zero attached hydrogens (tertiary/aromatic N) is 1. The second kappa shape index (κ2) is 7.14. The minimum absolute atomic E-state index is 0.274. The summed E-state index contributed by atoms with van der Waals surface area (Å²) in [4.78, 5) is 13.5. The fourth-order valence-corrected chi connectivity index (χ4v) is 2.31. The van der Waals surface area contributed by atoms with Gasteiger partial charge >= 0.3 is 0 Å². The number of rotatable bonds is 7. The van der Waals surface area contributed by atoms with E-state index in [9.17, 15) is 4.79 Å². The number of likely N-dealkylation sites (N-methyl/N-ethyl adjacent to an activating group) is 1. The van der Waals surface area contributed by atoms with Gasteiger partial charge in [0.2, 0.25) is 0 Å². The summed E-state index contributed by atoms with van der Waals surface area (Å²) < 4.78 is 0. The normalized spacial score (nSPS) is 12.7. The quantitative estimate of drug-likeness (QED) is 0.663. The molecule has 0 spiro atoms. The maximum Gasteiger partial charge on any atom is 0.250 e. The number of nitrogens with two attached hydrogens (primary N) is 2. The molecule has 1 aromatic carbocycles. The van der Waals surface area contributed by atoms with Gasteiger partial charge in [0.15, 0.2) is 0 Å². The number of amides is 1. The fourth-order valence-electron chi connectivity index (χ4n) is 2.31. The number of carbonyl (C=O) groups is 1. The summed E-state index contributed by atoms with van der Waals surface area (Å²) in [5.74, 6) is 0.0761. The molecule has 0 aliphatic heterocycles. The van der Waals surface area contributed by atoms with Crippen LogP contribution in [0.2, 0.25) is 0 Å². The lowest BCUT2D eigenvalue weighted by Crippen LogP contribution is -2.34. The monoisotopic (exact) mass is 278 g/mol. The van der Waals surface area contributed by atoms with E-state index in [4.69, 9.17) is 11.5 Å². The van der Waals surface area contributed by atoms with Crippen molar-refractivity contribution in [2.24, 2.45) is 11.7 Å². The van der Waals surface area contributed by atoms with Crippen molar-refractivity contribution in [1.82, 2.24) is 4.90 Å². The largest absolute Gasteiger partial charge is 0.396 e. The van der Waals surface area contributed by atoms with E-state index in [-0.39, 0.29) is 6.04 Å². The van der Waals surface area contributed by atoms with Crippen molar-refractivity contribution in [2.75, 3.05) is 31.7 Å². The molecule has 0 aliphatic carbocycles. The summed E-state index contributed by atoms with van der Waals surface area (Å²) in [6, 6.07) is 5.59. The SMILES string of the molecule is CC(C)CC(CN(C)C)Nc1cccc(C(N)=O)c1N. The summed E-state index contributed by atoms with van der Waals surface area (Å²) in [7, 11) is 4.08. The molecule has 0 heterocycles. The van der Waals surface area contributed by atoms with Crippen molar-refractivity contribution in [3.63, 3.8) is 0 Å². The molecule has 0 saturated heterocycles. The van der Waals surface area contributed by atoms with E-state index in [0.29, 0.717) is 17.2 Å². The number of anilines is 2. The minimum atomic E-state index is -0.501. The molecule has 1 aromatic rings. The average Bonchev–Trinajstić information content (AvgIpc) is 2.29. The van der Waals surface area contributed by atoms with Crippen LogP contribution in [0.25, 0.3) is 0 Å². The highest BCUT2D eigenvalue weighted by molar-refractivity contribution is 6.00. The predicted molar refractivity (Wildman–Crippen MR) is 84.8 cm³/mol. The van der Waals surface area contributed by atoms with E-state index in [0.717, 1.165) is 18.7 Å². The Bertz CT molecular complexity index is 447. The van der Waals surface area contributed by atoms with Crippen molar-refractivity contribution < 1.29 is 4.79 Å². The lowest BCUT2D eigenvalue weighted by molar-refractivity contribution is 0.100. The summed E-state index contributed by atoms with van der Waals surface area (Å²) in [5, 5.41) is 3.43. The van der Waals surface area contributed by atoms with Crippen LogP contribution in [0.5, 0.6) is 0 Å². The van der Waals surface area contributed by atoms with Crippen LogP contribution in [0.4, 0.5) is 11.4 Å². The first-order chi connectivity index (χ1) is 9.31. The second-order valence-electron chi connectivity index (χ2n) is 5.86. The summed E-state index contributed by atoms with van der Waals surface area (Å²) >= 11 is 0. The molecule has 5 nitrogen and oxygen atoms in total. The van der Waals surface area contributed by atoms with Crippen LogP contribution < -0.4 is 16.8 Å². The molecule has 20 heavy (non-hydrogen) atoms. The van der Waals surface area contributed by atoms with Crippen molar-refractivity contribution in [2.45, 2.75) is 26.3 Å². The Morgan fingerprint density at radius 3 is 2.50 bits per heavy atom. The van der Waals surface area contributed by atoms with Gasteiger partial charge < -0.3 is 21.7 Å². The van der Waals surface area contributed by atoms with Gasteiger partial charge in [-0.1, -0.05) is 19.9 Å². The Kier molecular flexibility index (Phi) is 5.82. The Balaban J connectivity index is 2.92. The standard InChI is InChI=1S/C15H26N4O/c1-10(2)8-11(9-19(3)4)18-13-7-5-6-12(14(13)16)15(17)20/h5-7,10-11,18H,8-9,16H2,1-4H3,(H2,17,20). The van der Waals surface area contributed by atoms with Gasteiger partial charge in [-0.3, -0.25) is 4.79 Å². The summed E-state index contributed by atoms with van der Waals surface area (Å²) in [6.07, 6.45) is 1.03. The average molecular weight is 278 g/mol. The molecule has 0 radical (unpaired) electrons. The molecule has 0 fully saturated rings. The molecule has 0 aromatic heterocycles. The van der Waals surface area contributed by atoms with Crippen LogP contribution in [0.1, 0.15) is 30.6 Å². The first-order valence-corrected chi connectivity index (χ1v) is 6.90. The van der Waals surface area contributed by atoms with Gasteiger partial charge in [0.25, 0.3) is 5.91 Å². The van der Waals surface area contributed by atoms with Gasteiger partial charge in [0.1, 0.15) is 0 Å². The fraction of sp³-hybridized carbons (Fsp3) is 0.533. The number of carbonyl (C=O) groups excluding carboxylic acids is 1. The first kappa shape index (κ1) is 16.3. The van der Waals surface area contributed by atoms with Crippen LogP contribution in [-0.4, -0.2) is 37.5 Å². The summed E-state index contributed by atoms with van der Waals surface area (Å²) in [5.41, 5.74) is 12.9. The highest BCUT2D eigenvalue weighted by atomic mass is 16.1. The zero-order valence-corrected chi connectivity index (χ0v) is 12.8. The van der Waals surface area contributed by atoms with Gasteiger partial charge in [-0.05, 0) is 38.6 Å². The molecule has 5 N–H and O–H groups in total. The maximum atomic E-state index is 11.3. The van der Waals surface area contributed by atoms with E-state index < -0.39 is 5.91 Å². The van der Waals surface area contributed by atoms with Gasteiger partial charge in [0.05, 0.1) is 16.9 Å².